The molecule has 98 valence electrons. The van der Waals surface area contributed by atoms with Gasteiger partial charge >= 0.3 is 5.97 Å². The minimum Gasteiger partial charge on any atom is -0.465 e. The van der Waals surface area contributed by atoms with E-state index in [1.54, 1.807) is 11.9 Å². The Bertz CT molecular complexity index is 675. The van der Waals surface area contributed by atoms with E-state index < -0.39 is 0 Å². The first kappa shape index (κ1) is 12.2. The van der Waals surface area contributed by atoms with Crippen molar-refractivity contribution in [1.29, 1.82) is 0 Å². The normalized spacial score (nSPS) is 13.7. The van der Waals surface area contributed by atoms with Gasteiger partial charge in [0, 0.05) is 29.2 Å². The molecular weight excluding hydrogens is 260 g/mol. The molecule has 1 aliphatic heterocycles. The number of ether oxygens (including phenoxy) is 1. The van der Waals surface area contributed by atoms with Crippen LogP contribution in [-0.4, -0.2) is 24.6 Å². The minimum atomic E-state index is -0.312. The largest absolute Gasteiger partial charge is 0.465 e. The molecule has 0 saturated heterocycles. The summed E-state index contributed by atoms with van der Waals surface area (Å²) in [4.78, 5) is 15.0. The SMILES string of the molecule is CCN1SC=Cc2c[nH]c3cc(C(=O)OC)cc1c23. The van der Waals surface area contributed by atoms with Crippen molar-refractivity contribution in [3.8, 4) is 0 Å². The fourth-order valence-electron chi connectivity index (χ4n) is 2.31. The second kappa shape index (κ2) is 4.66. The number of aromatic nitrogens is 1. The number of esters is 1. The molecule has 3 rings (SSSR count). The van der Waals surface area contributed by atoms with E-state index in [-0.39, 0.29) is 5.97 Å². The van der Waals surface area contributed by atoms with Crippen LogP contribution in [0.2, 0.25) is 0 Å². The molecule has 0 unspecified atom stereocenters. The molecule has 2 aromatic rings. The van der Waals surface area contributed by atoms with E-state index in [1.165, 1.54) is 7.11 Å². The van der Waals surface area contributed by atoms with Crippen LogP contribution in [0.3, 0.4) is 0 Å². The van der Waals surface area contributed by atoms with E-state index >= 15 is 0 Å². The zero-order chi connectivity index (χ0) is 13.4. The van der Waals surface area contributed by atoms with Crippen LogP contribution in [0, 0.1) is 0 Å². The lowest BCUT2D eigenvalue weighted by atomic mass is 10.1. The molecule has 19 heavy (non-hydrogen) atoms. The third kappa shape index (κ3) is 1.90. The summed E-state index contributed by atoms with van der Waals surface area (Å²) in [6.07, 6.45) is 4.05. The number of anilines is 1. The standard InChI is InChI=1S/C14H14N2O2S/c1-3-16-12-7-10(14(17)18-2)6-11-13(12)9(8-15-11)4-5-19-16/h4-8,15H,3H2,1-2H3. The fraction of sp³-hybridized carbons (Fsp3) is 0.214. The average Bonchev–Trinajstić information content (AvgIpc) is 2.75. The second-order valence-electron chi connectivity index (χ2n) is 4.26. The van der Waals surface area contributed by atoms with Gasteiger partial charge in [-0.25, -0.2) is 4.79 Å². The molecular formula is C14H14N2O2S. The molecule has 0 amide bonds. The van der Waals surface area contributed by atoms with E-state index in [2.05, 4.69) is 27.7 Å². The maximum absolute atomic E-state index is 11.8. The molecule has 0 aliphatic carbocycles. The maximum atomic E-state index is 11.8. The number of hydrogen-bond donors (Lipinski definition) is 1. The molecule has 0 radical (unpaired) electrons. The van der Waals surface area contributed by atoms with Crippen LogP contribution in [0.5, 0.6) is 0 Å². The smallest absolute Gasteiger partial charge is 0.337 e. The van der Waals surface area contributed by atoms with Gasteiger partial charge in [-0.3, -0.25) is 0 Å². The Hall–Kier alpha value is -1.88. The van der Waals surface area contributed by atoms with Gasteiger partial charge in [0.2, 0.25) is 0 Å². The van der Waals surface area contributed by atoms with Gasteiger partial charge in [-0.05, 0) is 42.5 Å². The maximum Gasteiger partial charge on any atom is 0.337 e. The molecule has 1 aliphatic rings. The number of methoxy groups -OCH3 is 1. The summed E-state index contributed by atoms with van der Waals surface area (Å²) in [6, 6.07) is 3.74. The van der Waals surface area contributed by atoms with Crippen LogP contribution in [0.4, 0.5) is 5.69 Å². The average molecular weight is 274 g/mol. The molecule has 0 fully saturated rings. The zero-order valence-corrected chi connectivity index (χ0v) is 11.6. The molecule has 0 atom stereocenters. The van der Waals surface area contributed by atoms with Crippen molar-refractivity contribution in [2.75, 3.05) is 18.0 Å². The number of hydrogen-bond acceptors (Lipinski definition) is 4. The van der Waals surface area contributed by atoms with Gasteiger partial charge in [0.1, 0.15) is 0 Å². The number of carbonyl (C=O) groups excluding carboxylic acids is 1. The van der Waals surface area contributed by atoms with Gasteiger partial charge in [0.15, 0.2) is 0 Å². The van der Waals surface area contributed by atoms with Crippen molar-refractivity contribution >= 4 is 40.6 Å². The van der Waals surface area contributed by atoms with Crippen LogP contribution in [0.25, 0.3) is 17.0 Å². The van der Waals surface area contributed by atoms with Crippen molar-refractivity contribution in [2.45, 2.75) is 6.92 Å². The van der Waals surface area contributed by atoms with Crippen LogP contribution < -0.4 is 4.31 Å². The van der Waals surface area contributed by atoms with Crippen LogP contribution >= 0.6 is 11.9 Å². The highest BCUT2D eigenvalue weighted by Gasteiger charge is 2.19. The van der Waals surface area contributed by atoms with Gasteiger partial charge in [-0.2, -0.15) is 0 Å². The Labute approximate surface area is 115 Å². The van der Waals surface area contributed by atoms with Crippen LogP contribution in [-0.2, 0) is 4.74 Å². The van der Waals surface area contributed by atoms with E-state index in [0.717, 1.165) is 28.7 Å². The first-order valence-electron chi connectivity index (χ1n) is 6.09. The predicted octanol–water partition coefficient (Wildman–Crippen LogP) is 3.41. The van der Waals surface area contributed by atoms with Crippen LogP contribution in [0.1, 0.15) is 22.8 Å². The van der Waals surface area contributed by atoms with Crippen molar-refractivity contribution in [2.24, 2.45) is 0 Å². The summed E-state index contributed by atoms with van der Waals surface area (Å²) in [5.74, 6) is -0.312. The molecule has 0 bridgehead atoms. The summed E-state index contributed by atoms with van der Waals surface area (Å²) >= 11 is 1.63. The number of rotatable bonds is 2. The lowest BCUT2D eigenvalue weighted by Crippen LogP contribution is -2.13. The highest BCUT2D eigenvalue weighted by Crippen LogP contribution is 2.38. The van der Waals surface area contributed by atoms with Gasteiger partial charge in [0.05, 0.1) is 18.4 Å². The summed E-state index contributed by atoms with van der Waals surface area (Å²) in [5, 5.41) is 3.21. The van der Waals surface area contributed by atoms with E-state index in [0.29, 0.717) is 5.56 Å². The molecule has 4 nitrogen and oxygen atoms in total. The third-order valence-corrected chi connectivity index (χ3v) is 4.17. The van der Waals surface area contributed by atoms with E-state index in [1.807, 2.05) is 18.3 Å². The van der Waals surface area contributed by atoms with E-state index in [4.69, 9.17) is 4.74 Å². The third-order valence-electron chi connectivity index (χ3n) is 3.20. The van der Waals surface area contributed by atoms with Crippen molar-refractivity contribution in [1.82, 2.24) is 4.98 Å². The first-order valence-corrected chi connectivity index (χ1v) is 6.92. The van der Waals surface area contributed by atoms with Crippen LogP contribution in [0.15, 0.2) is 23.7 Å². The molecule has 5 heteroatoms. The van der Waals surface area contributed by atoms with Crippen molar-refractivity contribution in [3.63, 3.8) is 0 Å². The molecule has 1 N–H and O–H groups in total. The number of benzene rings is 1. The lowest BCUT2D eigenvalue weighted by Gasteiger charge is -2.20. The molecule has 1 aromatic heterocycles. The van der Waals surface area contributed by atoms with Gasteiger partial charge in [0.25, 0.3) is 0 Å². The van der Waals surface area contributed by atoms with E-state index in [9.17, 15) is 4.79 Å². The molecule has 0 spiro atoms. The Morgan fingerprint density at radius 1 is 1.47 bits per heavy atom. The Balaban J connectivity index is 2.29. The second-order valence-corrected chi connectivity index (χ2v) is 5.18. The summed E-state index contributed by atoms with van der Waals surface area (Å²) < 4.78 is 6.98. The Morgan fingerprint density at radius 2 is 2.32 bits per heavy atom. The summed E-state index contributed by atoms with van der Waals surface area (Å²) in [6.45, 7) is 2.95. The highest BCUT2D eigenvalue weighted by atomic mass is 32.2. The Morgan fingerprint density at radius 3 is 3.05 bits per heavy atom. The lowest BCUT2D eigenvalue weighted by molar-refractivity contribution is 0.0601. The number of aromatic amines is 1. The van der Waals surface area contributed by atoms with Crippen molar-refractivity contribution < 1.29 is 9.53 Å². The van der Waals surface area contributed by atoms with Gasteiger partial charge < -0.3 is 14.0 Å². The fourth-order valence-corrected chi connectivity index (χ4v) is 3.08. The van der Waals surface area contributed by atoms with Crippen molar-refractivity contribution in [3.05, 3.63) is 34.9 Å². The van der Waals surface area contributed by atoms with Gasteiger partial charge in [-0.1, -0.05) is 0 Å². The number of nitrogens with one attached hydrogen (secondary N) is 1. The first-order chi connectivity index (χ1) is 9.24. The number of nitrogens with zero attached hydrogens (tertiary/aromatic N) is 1. The number of carbonyl (C=O) groups is 1. The Kier molecular flexibility index (Phi) is 2.98. The minimum absolute atomic E-state index is 0.312. The summed E-state index contributed by atoms with van der Waals surface area (Å²) in [5.41, 5.74) is 3.72. The zero-order valence-electron chi connectivity index (χ0n) is 10.8. The molecule has 1 aromatic carbocycles. The highest BCUT2D eigenvalue weighted by molar-refractivity contribution is 8.03. The number of H-pyrrole nitrogens is 1. The monoisotopic (exact) mass is 274 g/mol. The molecule has 0 saturated carbocycles. The van der Waals surface area contributed by atoms with Gasteiger partial charge in [-0.15, -0.1) is 0 Å². The predicted molar refractivity (Wildman–Crippen MR) is 79.3 cm³/mol. The molecule has 2 heterocycles. The topological polar surface area (TPSA) is 45.3 Å². The quantitative estimate of drug-likeness (QED) is 0.673. The summed E-state index contributed by atoms with van der Waals surface area (Å²) in [7, 11) is 1.40.